The molecule has 0 saturated carbocycles. The van der Waals surface area contributed by atoms with Crippen molar-refractivity contribution in [2.75, 3.05) is 11.4 Å². The number of carboxylic acid groups (broad SMARTS) is 1. The minimum absolute atomic E-state index is 0.00708. The Morgan fingerprint density at radius 2 is 2.04 bits per heavy atom. The SMILES string of the molecule is CC(C)Oc1cc(N2CCc3cc(C(=O)O)ncc3C2)cc(F)c1F. The van der Waals surface area contributed by atoms with Crippen molar-refractivity contribution in [3.8, 4) is 5.75 Å². The first kappa shape index (κ1) is 17.1. The molecule has 1 N–H and O–H groups in total. The molecule has 0 spiro atoms. The number of aromatic nitrogens is 1. The molecule has 0 atom stereocenters. The molecular weight excluding hydrogens is 330 g/mol. The third kappa shape index (κ3) is 3.55. The zero-order valence-corrected chi connectivity index (χ0v) is 13.9. The van der Waals surface area contributed by atoms with Crippen LogP contribution in [0.15, 0.2) is 24.4 Å². The third-order valence-corrected chi connectivity index (χ3v) is 4.02. The number of ether oxygens (including phenoxy) is 1. The van der Waals surface area contributed by atoms with Crippen LogP contribution in [0.1, 0.15) is 35.5 Å². The van der Waals surface area contributed by atoms with Gasteiger partial charge in [-0.2, -0.15) is 4.39 Å². The van der Waals surface area contributed by atoms with E-state index in [2.05, 4.69) is 4.98 Å². The van der Waals surface area contributed by atoms with Gasteiger partial charge in [0.15, 0.2) is 11.6 Å². The van der Waals surface area contributed by atoms with Gasteiger partial charge in [-0.25, -0.2) is 14.2 Å². The van der Waals surface area contributed by atoms with Crippen molar-refractivity contribution in [1.82, 2.24) is 4.98 Å². The molecule has 3 rings (SSSR count). The summed E-state index contributed by atoms with van der Waals surface area (Å²) in [6.07, 6.45) is 1.85. The van der Waals surface area contributed by atoms with Gasteiger partial charge in [0.1, 0.15) is 5.69 Å². The fourth-order valence-corrected chi connectivity index (χ4v) is 2.85. The lowest BCUT2D eigenvalue weighted by Crippen LogP contribution is -2.31. The van der Waals surface area contributed by atoms with Crippen LogP contribution >= 0.6 is 0 Å². The highest BCUT2D eigenvalue weighted by atomic mass is 19.2. The highest BCUT2D eigenvalue weighted by molar-refractivity contribution is 5.85. The summed E-state index contributed by atoms with van der Waals surface area (Å²) < 4.78 is 33.2. The van der Waals surface area contributed by atoms with Crippen LogP contribution in [-0.2, 0) is 13.0 Å². The Kier molecular flexibility index (Phi) is 4.57. The number of benzene rings is 1. The van der Waals surface area contributed by atoms with E-state index in [1.807, 2.05) is 4.90 Å². The number of pyridine rings is 1. The zero-order chi connectivity index (χ0) is 18.1. The summed E-state index contributed by atoms with van der Waals surface area (Å²) in [4.78, 5) is 16.8. The van der Waals surface area contributed by atoms with Gasteiger partial charge >= 0.3 is 5.97 Å². The first-order valence-electron chi connectivity index (χ1n) is 7.97. The Hall–Kier alpha value is -2.70. The van der Waals surface area contributed by atoms with E-state index < -0.39 is 17.6 Å². The first-order chi connectivity index (χ1) is 11.8. The van der Waals surface area contributed by atoms with Crippen molar-refractivity contribution in [2.45, 2.75) is 32.9 Å². The van der Waals surface area contributed by atoms with Crippen molar-refractivity contribution in [3.63, 3.8) is 0 Å². The lowest BCUT2D eigenvalue weighted by Gasteiger charge is -2.31. The van der Waals surface area contributed by atoms with Gasteiger partial charge < -0.3 is 14.7 Å². The molecule has 0 unspecified atom stereocenters. The zero-order valence-electron chi connectivity index (χ0n) is 13.9. The van der Waals surface area contributed by atoms with Gasteiger partial charge in [0.05, 0.1) is 6.10 Å². The molecule has 1 aliphatic rings. The summed E-state index contributed by atoms with van der Waals surface area (Å²) >= 11 is 0. The number of hydrogen-bond donors (Lipinski definition) is 1. The number of anilines is 1. The molecule has 5 nitrogen and oxygen atoms in total. The minimum atomic E-state index is -1.07. The predicted octanol–water partition coefficient (Wildman–Crippen LogP) is 3.41. The highest BCUT2D eigenvalue weighted by Crippen LogP contribution is 2.31. The fourth-order valence-electron chi connectivity index (χ4n) is 2.85. The van der Waals surface area contributed by atoms with E-state index in [1.165, 1.54) is 12.3 Å². The number of nitrogens with zero attached hydrogens (tertiary/aromatic N) is 2. The number of fused-ring (bicyclic) bond motifs is 1. The van der Waals surface area contributed by atoms with E-state index in [0.29, 0.717) is 25.2 Å². The molecule has 25 heavy (non-hydrogen) atoms. The molecule has 2 aromatic rings. The number of rotatable bonds is 4. The summed E-state index contributed by atoms with van der Waals surface area (Å²) in [6, 6.07) is 4.20. The normalized spacial score (nSPS) is 13.7. The second kappa shape index (κ2) is 6.66. The van der Waals surface area contributed by atoms with Gasteiger partial charge in [0.2, 0.25) is 5.82 Å². The van der Waals surface area contributed by atoms with E-state index in [9.17, 15) is 13.6 Å². The van der Waals surface area contributed by atoms with Gasteiger partial charge in [-0.05, 0) is 37.5 Å². The van der Waals surface area contributed by atoms with E-state index in [4.69, 9.17) is 9.84 Å². The van der Waals surface area contributed by atoms with E-state index in [-0.39, 0.29) is 17.5 Å². The molecule has 0 amide bonds. The number of carboxylic acids is 1. The summed E-state index contributed by atoms with van der Waals surface area (Å²) in [5.41, 5.74) is 2.30. The Morgan fingerprint density at radius 1 is 1.28 bits per heavy atom. The third-order valence-electron chi connectivity index (χ3n) is 4.02. The second-order valence-electron chi connectivity index (χ2n) is 6.22. The Labute approximate surface area is 143 Å². The molecule has 1 aromatic heterocycles. The molecule has 0 aliphatic carbocycles. The standard InChI is InChI=1S/C18H18F2N2O3/c1-10(2)25-16-7-13(6-14(19)17(16)20)22-4-3-11-5-15(18(23)24)21-8-12(11)9-22/h5-8,10H,3-4,9H2,1-2H3,(H,23,24). The molecule has 132 valence electrons. The lowest BCUT2D eigenvalue weighted by molar-refractivity contribution is 0.0690. The summed E-state index contributed by atoms with van der Waals surface area (Å²) in [5.74, 6) is -3.14. The van der Waals surface area contributed by atoms with Crippen LogP contribution in [0.25, 0.3) is 0 Å². The van der Waals surface area contributed by atoms with Crippen LogP contribution in [0, 0.1) is 11.6 Å². The van der Waals surface area contributed by atoms with Crippen LogP contribution in [0.5, 0.6) is 5.75 Å². The topological polar surface area (TPSA) is 62.7 Å². The summed E-state index contributed by atoms with van der Waals surface area (Å²) in [7, 11) is 0. The maximum absolute atomic E-state index is 13.9. The van der Waals surface area contributed by atoms with Crippen LogP contribution in [0.3, 0.4) is 0 Å². The molecule has 0 saturated heterocycles. The van der Waals surface area contributed by atoms with Gasteiger partial charge in [0.25, 0.3) is 0 Å². The smallest absolute Gasteiger partial charge is 0.354 e. The molecule has 2 heterocycles. The number of halogens is 2. The summed E-state index contributed by atoms with van der Waals surface area (Å²) in [5, 5.41) is 9.01. The quantitative estimate of drug-likeness (QED) is 0.917. The van der Waals surface area contributed by atoms with Crippen LogP contribution in [-0.4, -0.2) is 28.7 Å². The van der Waals surface area contributed by atoms with Crippen molar-refractivity contribution < 1.29 is 23.4 Å². The van der Waals surface area contributed by atoms with Crippen molar-refractivity contribution in [1.29, 1.82) is 0 Å². The molecule has 1 aliphatic heterocycles. The number of aromatic carboxylic acids is 1. The molecule has 0 fully saturated rings. The number of hydrogen-bond acceptors (Lipinski definition) is 4. The maximum Gasteiger partial charge on any atom is 0.354 e. The van der Waals surface area contributed by atoms with Gasteiger partial charge in [-0.3, -0.25) is 0 Å². The fraction of sp³-hybridized carbons (Fsp3) is 0.333. The number of carbonyl (C=O) groups is 1. The van der Waals surface area contributed by atoms with E-state index in [1.54, 1.807) is 19.9 Å². The Balaban J connectivity index is 1.89. The first-order valence-corrected chi connectivity index (χ1v) is 7.97. The minimum Gasteiger partial charge on any atom is -0.488 e. The average molecular weight is 348 g/mol. The molecular formula is C18H18F2N2O3. The van der Waals surface area contributed by atoms with Gasteiger partial charge in [-0.15, -0.1) is 0 Å². The van der Waals surface area contributed by atoms with Crippen molar-refractivity contribution in [2.24, 2.45) is 0 Å². The average Bonchev–Trinajstić information content (AvgIpc) is 2.57. The summed E-state index contributed by atoms with van der Waals surface area (Å²) in [6.45, 7) is 4.48. The lowest BCUT2D eigenvalue weighted by atomic mass is 10.0. The van der Waals surface area contributed by atoms with Crippen molar-refractivity contribution in [3.05, 3.63) is 52.9 Å². The molecule has 7 heteroatoms. The molecule has 0 bridgehead atoms. The monoisotopic (exact) mass is 348 g/mol. The highest BCUT2D eigenvalue weighted by Gasteiger charge is 2.22. The van der Waals surface area contributed by atoms with E-state index in [0.717, 1.165) is 17.2 Å². The van der Waals surface area contributed by atoms with Gasteiger partial charge in [0, 0.05) is 37.1 Å². The predicted molar refractivity (Wildman–Crippen MR) is 88.1 cm³/mol. The van der Waals surface area contributed by atoms with Crippen molar-refractivity contribution >= 4 is 11.7 Å². The van der Waals surface area contributed by atoms with Crippen LogP contribution in [0.2, 0.25) is 0 Å². The maximum atomic E-state index is 13.9. The van der Waals surface area contributed by atoms with Crippen LogP contribution < -0.4 is 9.64 Å². The Morgan fingerprint density at radius 3 is 2.72 bits per heavy atom. The van der Waals surface area contributed by atoms with E-state index >= 15 is 0 Å². The second-order valence-corrected chi connectivity index (χ2v) is 6.22. The van der Waals surface area contributed by atoms with Crippen LogP contribution in [0.4, 0.5) is 14.5 Å². The molecule has 1 aromatic carbocycles. The molecule has 0 radical (unpaired) electrons. The van der Waals surface area contributed by atoms with Gasteiger partial charge in [-0.1, -0.05) is 0 Å². The largest absolute Gasteiger partial charge is 0.488 e. The Bertz CT molecular complexity index is 824.